The molecule has 0 aliphatic heterocycles. The SMILES string of the molecule is COc1cc(OC)cc(C(=O)NCCc2scnc2C)c1. The highest BCUT2D eigenvalue weighted by atomic mass is 32.1. The van der Waals surface area contributed by atoms with Crippen molar-refractivity contribution in [3.63, 3.8) is 0 Å². The first-order valence-electron chi connectivity index (χ1n) is 6.54. The first kappa shape index (κ1) is 15.3. The molecule has 0 radical (unpaired) electrons. The van der Waals surface area contributed by atoms with Crippen LogP contribution in [0.15, 0.2) is 23.7 Å². The van der Waals surface area contributed by atoms with Crippen molar-refractivity contribution in [1.82, 2.24) is 10.3 Å². The van der Waals surface area contributed by atoms with Gasteiger partial charge >= 0.3 is 0 Å². The second-order valence-corrected chi connectivity index (χ2v) is 5.41. The molecule has 1 heterocycles. The minimum absolute atomic E-state index is 0.144. The van der Waals surface area contributed by atoms with Gasteiger partial charge in [0.15, 0.2) is 0 Å². The molecule has 0 saturated carbocycles. The number of nitrogens with zero attached hydrogens (tertiary/aromatic N) is 1. The van der Waals surface area contributed by atoms with Crippen LogP contribution in [0.4, 0.5) is 0 Å². The summed E-state index contributed by atoms with van der Waals surface area (Å²) in [5, 5.41) is 2.90. The highest BCUT2D eigenvalue weighted by Crippen LogP contribution is 2.22. The Kier molecular flexibility index (Phi) is 5.16. The van der Waals surface area contributed by atoms with Crippen molar-refractivity contribution in [1.29, 1.82) is 0 Å². The minimum Gasteiger partial charge on any atom is -0.497 e. The molecule has 2 aromatic rings. The number of carbonyl (C=O) groups is 1. The van der Waals surface area contributed by atoms with Crippen LogP contribution >= 0.6 is 11.3 Å². The number of ether oxygens (including phenoxy) is 2. The lowest BCUT2D eigenvalue weighted by atomic mass is 10.2. The molecule has 0 atom stereocenters. The standard InChI is InChI=1S/C15H18N2O3S/c1-10-14(21-9-17-10)4-5-16-15(18)11-6-12(19-2)8-13(7-11)20-3/h6-9H,4-5H2,1-3H3,(H,16,18). The quantitative estimate of drug-likeness (QED) is 0.890. The first-order valence-corrected chi connectivity index (χ1v) is 7.42. The average Bonchev–Trinajstić information content (AvgIpc) is 2.92. The summed E-state index contributed by atoms with van der Waals surface area (Å²) >= 11 is 1.61. The molecular weight excluding hydrogens is 288 g/mol. The van der Waals surface area contributed by atoms with Crippen molar-refractivity contribution in [2.75, 3.05) is 20.8 Å². The predicted molar refractivity (Wildman–Crippen MR) is 82.4 cm³/mol. The number of aryl methyl sites for hydroxylation is 1. The Balaban J connectivity index is 1.98. The van der Waals surface area contributed by atoms with Gasteiger partial charge in [0.1, 0.15) is 11.5 Å². The Bertz CT molecular complexity index is 603. The van der Waals surface area contributed by atoms with E-state index in [0.717, 1.165) is 12.1 Å². The number of aromatic nitrogens is 1. The molecule has 1 amide bonds. The number of rotatable bonds is 6. The lowest BCUT2D eigenvalue weighted by Crippen LogP contribution is -2.25. The molecule has 1 N–H and O–H groups in total. The molecule has 6 heteroatoms. The Hall–Kier alpha value is -2.08. The largest absolute Gasteiger partial charge is 0.497 e. The Labute approximate surface area is 127 Å². The van der Waals surface area contributed by atoms with Gasteiger partial charge in [0.25, 0.3) is 5.91 Å². The number of thiazole rings is 1. The molecule has 0 aliphatic carbocycles. The summed E-state index contributed by atoms with van der Waals surface area (Å²) in [6.07, 6.45) is 0.781. The van der Waals surface area contributed by atoms with Crippen molar-refractivity contribution >= 4 is 17.2 Å². The molecule has 5 nitrogen and oxygen atoms in total. The zero-order valence-electron chi connectivity index (χ0n) is 12.3. The van der Waals surface area contributed by atoms with Gasteiger partial charge in [-0.25, -0.2) is 4.98 Å². The van der Waals surface area contributed by atoms with E-state index in [2.05, 4.69) is 10.3 Å². The maximum absolute atomic E-state index is 12.2. The topological polar surface area (TPSA) is 60.5 Å². The third-order valence-corrected chi connectivity index (χ3v) is 4.09. The van der Waals surface area contributed by atoms with E-state index in [-0.39, 0.29) is 5.91 Å². The second kappa shape index (κ2) is 7.08. The summed E-state index contributed by atoms with van der Waals surface area (Å²) in [5.74, 6) is 1.05. The normalized spacial score (nSPS) is 10.2. The Morgan fingerprint density at radius 3 is 2.43 bits per heavy atom. The number of methoxy groups -OCH3 is 2. The molecule has 112 valence electrons. The molecule has 0 unspecified atom stereocenters. The molecule has 2 rings (SSSR count). The maximum Gasteiger partial charge on any atom is 0.251 e. The van der Waals surface area contributed by atoms with Gasteiger partial charge in [0.2, 0.25) is 0 Å². The van der Waals surface area contributed by atoms with Gasteiger partial charge in [-0.2, -0.15) is 0 Å². The lowest BCUT2D eigenvalue weighted by Gasteiger charge is -2.09. The highest BCUT2D eigenvalue weighted by molar-refractivity contribution is 7.09. The smallest absolute Gasteiger partial charge is 0.251 e. The van der Waals surface area contributed by atoms with Crippen LogP contribution in [0.3, 0.4) is 0 Å². The van der Waals surface area contributed by atoms with Gasteiger partial charge in [-0.1, -0.05) is 0 Å². The van der Waals surface area contributed by atoms with Crippen molar-refractivity contribution in [2.45, 2.75) is 13.3 Å². The molecule has 0 fully saturated rings. The van der Waals surface area contributed by atoms with E-state index < -0.39 is 0 Å². The van der Waals surface area contributed by atoms with E-state index in [1.165, 1.54) is 4.88 Å². The third kappa shape index (κ3) is 3.95. The van der Waals surface area contributed by atoms with Crippen molar-refractivity contribution in [3.05, 3.63) is 39.8 Å². The van der Waals surface area contributed by atoms with E-state index in [1.54, 1.807) is 43.8 Å². The summed E-state index contributed by atoms with van der Waals surface area (Å²) in [4.78, 5) is 17.5. The summed E-state index contributed by atoms with van der Waals surface area (Å²) in [5.41, 5.74) is 3.36. The monoisotopic (exact) mass is 306 g/mol. The average molecular weight is 306 g/mol. The summed E-state index contributed by atoms with van der Waals surface area (Å²) in [7, 11) is 3.12. The van der Waals surface area contributed by atoms with Gasteiger partial charge < -0.3 is 14.8 Å². The van der Waals surface area contributed by atoms with Gasteiger partial charge in [-0.15, -0.1) is 11.3 Å². The minimum atomic E-state index is -0.144. The number of carbonyl (C=O) groups excluding carboxylic acids is 1. The third-order valence-electron chi connectivity index (χ3n) is 3.10. The molecule has 1 aromatic carbocycles. The van der Waals surface area contributed by atoms with E-state index in [4.69, 9.17) is 9.47 Å². The van der Waals surface area contributed by atoms with E-state index in [9.17, 15) is 4.79 Å². The molecule has 1 aromatic heterocycles. The first-order chi connectivity index (χ1) is 10.1. The Morgan fingerprint density at radius 1 is 1.24 bits per heavy atom. The fourth-order valence-corrected chi connectivity index (χ4v) is 2.68. The van der Waals surface area contributed by atoms with Crippen molar-refractivity contribution in [2.24, 2.45) is 0 Å². The number of nitrogens with one attached hydrogen (secondary N) is 1. The summed E-state index contributed by atoms with van der Waals surface area (Å²) in [6.45, 7) is 2.54. The second-order valence-electron chi connectivity index (χ2n) is 4.47. The summed E-state index contributed by atoms with van der Waals surface area (Å²) < 4.78 is 10.3. The molecule has 0 saturated heterocycles. The molecule has 0 aliphatic rings. The van der Waals surface area contributed by atoms with Crippen LogP contribution in [-0.4, -0.2) is 31.7 Å². The fourth-order valence-electron chi connectivity index (χ4n) is 1.90. The van der Waals surface area contributed by atoms with Crippen molar-refractivity contribution in [3.8, 4) is 11.5 Å². The van der Waals surface area contributed by atoms with Crippen LogP contribution in [0.25, 0.3) is 0 Å². The van der Waals surface area contributed by atoms with Crippen LogP contribution in [-0.2, 0) is 6.42 Å². The van der Waals surface area contributed by atoms with E-state index >= 15 is 0 Å². The lowest BCUT2D eigenvalue weighted by molar-refractivity contribution is 0.0953. The van der Waals surface area contributed by atoms with E-state index in [0.29, 0.717) is 23.6 Å². The molecule has 0 spiro atoms. The molecule has 21 heavy (non-hydrogen) atoms. The van der Waals surface area contributed by atoms with Gasteiger partial charge in [0, 0.05) is 29.5 Å². The van der Waals surface area contributed by atoms with Crippen LogP contribution < -0.4 is 14.8 Å². The van der Waals surface area contributed by atoms with E-state index in [1.807, 2.05) is 12.4 Å². The van der Waals surface area contributed by atoms with Gasteiger partial charge in [0.05, 0.1) is 25.4 Å². The number of hydrogen-bond donors (Lipinski definition) is 1. The van der Waals surface area contributed by atoms with Crippen LogP contribution in [0.2, 0.25) is 0 Å². The Morgan fingerprint density at radius 2 is 1.90 bits per heavy atom. The van der Waals surface area contributed by atoms with Gasteiger partial charge in [-0.3, -0.25) is 4.79 Å². The zero-order valence-corrected chi connectivity index (χ0v) is 13.1. The van der Waals surface area contributed by atoms with Crippen LogP contribution in [0.1, 0.15) is 20.9 Å². The maximum atomic E-state index is 12.2. The number of amides is 1. The van der Waals surface area contributed by atoms with Gasteiger partial charge in [-0.05, 0) is 19.1 Å². The predicted octanol–water partition coefficient (Wildman–Crippen LogP) is 2.44. The molecular formula is C15H18N2O3S. The zero-order chi connectivity index (χ0) is 15.2. The number of hydrogen-bond acceptors (Lipinski definition) is 5. The molecule has 0 bridgehead atoms. The van der Waals surface area contributed by atoms with Crippen LogP contribution in [0, 0.1) is 6.92 Å². The number of benzene rings is 1. The highest BCUT2D eigenvalue weighted by Gasteiger charge is 2.10. The summed E-state index contributed by atoms with van der Waals surface area (Å²) in [6, 6.07) is 5.11. The van der Waals surface area contributed by atoms with Crippen LogP contribution in [0.5, 0.6) is 11.5 Å². The fraction of sp³-hybridized carbons (Fsp3) is 0.333. The van der Waals surface area contributed by atoms with Crippen molar-refractivity contribution < 1.29 is 14.3 Å².